The van der Waals surface area contributed by atoms with E-state index in [2.05, 4.69) is 15.6 Å². The molecule has 1 aliphatic rings. The van der Waals surface area contributed by atoms with E-state index in [1.54, 1.807) is 17.4 Å². The van der Waals surface area contributed by atoms with Crippen LogP contribution < -0.4 is 15.4 Å². The van der Waals surface area contributed by atoms with Gasteiger partial charge in [0.05, 0.1) is 10.7 Å². The summed E-state index contributed by atoms with van der Waals surface area (Å²) in [5.41, 5.74) is 1.79. The lowest BCUT2D eigenvalue weighted by molar-refractivity contribution is -0.125. The van der Waals surface area contributed by atoms with Gasteiger partial charge in [-0.15, -0.1) is 11.3 Å². The third-order valence-electron chi connectivity index (χ3n) is 4.79. The van der Waals surface area contributed by atoms with Gasteiger partial charge < -0.3 is 15.4 Å². The number of carbonyl (C=O) groups excluding carboxylic acids is 2. The van der Waals surface area contributed by atoms with Crippen LogP contribution in [0.1, 0.15) is 41.9 Å². The van der Waals surface area contributed by atoms with Crippen molar-refractivity contribution >= 4 is 29.2 Å². The van der Waals surface area contributed by atoms with E-state index in [4.69, 9.17) is 4.74 Å². The smallest absolute Gasteiger partial charge is 0.244 e. The van der Waals surface area contributed by atoms with E-state index >= 15 is 0 Å². The third-order valence-corrected chi connectivity index (χ3v) is 5.61. The summed E-state index contributed by atoms with van der Waals surface area (Å²) in [4.78, 5) is 28.3. The van der Waals surface area contributed by atoms with Crippen molar-refractivity contribution in [2.75, 3.05) is 13.1 Å². The van der Waals surface area contributed by atoms with Crippen molar-refractivity contribution in [2.45, 2.75) is 39.2 Å². The van der Waals surface area contributed by atoms with Gasteiger partial charge in [0.25, 0.3) is 0 Å². The van der Waals surface area contributed by atoms with Gasteiger partial charge in [-0.25, -0.2) is 4.98 Å². The molecule has 1 heterocycles. The largest absolute Gasteiger partial charge is 0.487 e. The minimum Gasteiger partial charge on any atom is -0.487 e. The van der Waals surface area contributed by atoms with Crippen LogP contribution in [-0.2, 0) is 16.2 Å². The van der Waals surface area contributed by atoms with Crippen molar-refractivity contribution in [3.8, 4) is 5.75 Å². The lowest BCUT2D eigenvalue weighted by Gasteiger charge is -2.10. The third kappa shape index (κ3) is 7.02. The SMILES string of the molecule is Cc1nc(COc2cccc(/C=C/C(=O)NCCNC(=O)C3CCCC3)c2)cs1. The van der Waals surface area contributed by atoms with Crippen LogP contribution in [-0.4, -0.2) is 29.9 Å². The zero-order chi connectivity index (χ0) is 20.5. The van der Waals surface area contributed by atoms with E-state index in [1.807, 2.05) is 36.6 Å². The first-order valence-electron chi connectivity index (χ1n) is 9.97. The predicted octanol–water partition coefficient (Wildman–Crippen LogP) is 3.47. The standard InChI is InChI=1S/C22H27N3O3S/c1-16-25-19(15-29-16)14-28-20-8-4-5-17(13-20)9-10-21(26)23-11-12-24-22(27)18-6-2-3-7-18/h4-5,8-10,13,15,18H,2-3,6-7,11-12,14H2,1H3,(H,23,26)(H,24,27)/b10-9+. The fourth-order valence-electron chi connectivity index (χ4n) is 3.27. The molecule has 29 heavy (non-hydrogen) atoms. The Labute approximate surface area is 175 Å². The Morgan fingerprint density at radius 1 is 1.24 bits per heavy atom. The first-order valence-corrected chi connectivity index (χ1v) is 10.9. The molecule has 6 nitrogen and oxygen atoms in total. The number of rotatable bonds is 9. The number of hydrogen-bond donors (Lipinski definition) is 2. The van der Waals surface area contributed by atoms with Gasteiger partial charge >= 0.3 is 0 Å². The topological polar surface area (TPSA) is 80.3 Å². The molecule has 1 aromatic heterocycles. The Kier molecular flexibility index (Phi) is 7.81. The highest BCUT2D eigenvalue weighted by Gasteiger charge is 2.21. The van der Waals surface area contributed by atoms with E-state index < -0.39 is 0 Å². The van der Waals surface area contributed by atoms with Crippen LogP contribution in [0.25, 0.3) is 6.08 Å². The molecule has 2 amide bonds. The summed E-state index contributed by atoms with van der Waals surface area (Å²) in [5.74, 6) is 0.800. The molecule has 0 unspecified atom stereocenters. The maximum absolute atomic E-state index is 12.0. The highest BCUT2D eigenvalue weighted by molar-refractivity contribution is 7.09. The first-order chi connectivity index (χ1) is 14.1. The molecule has 7 heteroatoms. The maximum Gasteiger partial charge on any atom is 0.244 e. The lowest BCUT2D eigenvalue weighted by Crippen LogP contribution is -2.36. The molecule has 0 aliphatic heterocycles. The van der Waals surface area contributed by atoms with Crippen LogP contribution >= 0.6 is 11.3 Å². The van der Waals surface area contributed by atoms with Crippen LogP contribution in [0.2, 0.25) is 0 Å². The lowest BCUT2D eigenvalue weighted by atomic mass is 10.1. The molecule has 0 spiro atoms. The summed E-state index contributed by atoms with van der Waals surface area (Å²) in [6.45, 7) is 3.25. The molecule has 1 aliphatic carbocycles. The molecule has 3 rings (SSSR count). The van der Waals surface area contributed by atoms with Crippen molar-refractivity contribution in [1.29, 1.82) is 0 Å². The Morgan fingerprint density at radius 2 is 2.03 bits per heavy atom. The average Bonchev–Trinajstić information content (AvgIpc) is 3.40. The van der Waals surface area contributed by atoms with E-state index in [-0.39, 0.29) is 17.7 Å². The van der Waals surface area contributed by atoms with Crippen LogP contribution in [0, 0.1) is 12.8 Å². The summed E-state index contributed by atoms with van der Waals surface area (Å²) in [6.07, 6.45) is 7.46. The van der Waals surface area contributed by atoms with Crippen LogP contribution in [0.4, 0.5) is 0 Å². The van der Waals surface area contributed by atoms with Gasteiger partial charge in [-0.1, -0.05) is 25.0 Å². The molecular formula is C22H27N3O3S. The predicted molar refractivity (Wildman–Crippen MR) is 115 cm³/mol. The number of aryl methyl sites for hydroxylation is 1. The zero-order valence-corrected chi connectivity index (χ0v) is 17.5. The summed E-state index contributed by atoms with van der Waals surface area (Å²) in [6, 6.07) is 7.55. The highest BCUT2D eigenvalue weighted by Crippen LogP contribution is 2.24. The number of nitrogens with zero attached hydrogens (tertiary/aromatic N) is 1. The van der Waals surface area contributed by atoms with Crippen LogP contribution in [0.3, 0.4) is 0 Å². The second-order valence-corrected chi connectivity index (χ2v) is 8.18. The van der Waals surface area contributed by atoms with E-state index in [0.29, 0.717) is 19.7 Å². The van der Waals surface area contributed by atoms with E-state index in [1.165, 1.54) is 6.08 Å². The summed E-state index contributed by atoms with van der Waals surface area (Å²) < 4.78 is 5.77. The maximum atomic E-state index is 12.0. The summed E-state index contributed by atoms with van der Waals surface area (Å²) >= 11 is 1.60. The number of ether oxygens (including phenoxy) is 1. The quantitative estimate of drug-likeness (QED) is 0.487. The zero-order valence-electron chi connectivity index (χ0n) is 16.6. The summed E-state index contributed by atoms with van der Waals surface area (Å²) in [7, 11) is 0. The number of amides is 2. The monoisotopic (exact) mass is 413 g/mol. The van der Waals surface area contributed by atoms with E-state index in [0.717, 1.165) is 47.7 Å². The highest BCUT2D eigenvalue weighted by atomic mass is 32.1. The molecule has 0 atom stereocenters. The molecule has 2 N–H and O–H groups in total. The number of carbonyl (C=O) groups is 2. The number of hydrogen-bond acceptors (Lipinski definition) is 5. The fourth-order valence-corrected chi connectivity index (χ4v) is 3.87. The molecule has 154 valence electrons. The minimum atomic E-state index is -0.190. The van der Waals surface area contributed by atoms with Gasteiger partial charge in [0, 0.05) is 30.5 Å². The van der Waals surface area contributed by atoms with Gasteiger partial charge in [0.15, 0.2) is 0 Å². The van der Waals surface area contributed by atoms with Crippen molar-refractivity contribution in [3.05, 3.63) is 52.0 Å². The van der Waals surface area contributed by atoms with Crippen molar-refractivity contribution in [1.82, 2.24) is 15.6 Å². The normalized spacial score (nSPS) is 14.2. The van der Waals surface area contributed by atoms with Gasteiger partial charge in [-0.2, -0.15) is 0 Å². The Morgan fingerprint density at radius 3 is 2.79 bits per heavy atom. The van der Waals surface area contributed by atoms with Gasteiger partial charge in [0.2, 0.25) is 11.8 Å². The number of thiazole rings is 1. The van der Waals surface area contributed by atoms with Gasteiger partial charge in [0.1, 0.15) is 12.4 Å². The van der Waals surface area contributed by atoms with Gasteiger partial charge in [-0.05, 0) is 43.5 Å². The summed E-state index contributed by atoms with van der Waals surface area (Å²) in [5, 5.41) is 8.68. The van der Waals surface area contributed by atoms with E-state index in [9.17, 15) is 9.59 Å². The molecule has 1 aromatic carbocycles. The van der Waals surface area contributed by atoms with Crippen molar-refractivity contribution in [2.24, 2.45) is 5.92 Å². The number of benzene rings is 1. The second-order valence-electron chi connectivity index (χ2n) is 7.12. The Hall–Kier alpha value is -2.67. The minimum absolute atomic E-state index is 0.108. The molecule has 0 radical (unpaired) electrons. The Balaban J connectivity index is 1.38. The van der Waals surface area contributed by atoms with Crippen molar-refractivity contribution < 1.29 is 14.3 Å². The van der Waals surface area contributed by atoms with Gasteiger partial charge in [-0.3, -0.25) is 9.59 Å². The molecule has 0 saturated heterocycles. The fraction of sp³-hybridized carbons (Fsp3) is 0.409. The molecule has 1 fully saturated rings. The van der Waals surface area contributed by atoms with Crippen molar-refractivity contribution in [3.63, 3.8) is 0 Å². The van der Waals surface area contributed by atoms with Crippen LogP contribution in [0.5, 0.6) is 5.75 Å². The molecule has 1 saturated carbocycles. The first kappa shape index (κ1) is 21.0. The molecular weight excluding hydrogens is 386 g/mol. The Bertz CT molecular complexity index is 856. The van der Waals surface area contributed by atoms with Crippen LogP contribution in [0.15, 0.2) is 35.7 Å². The molecule has 0 bridgehead atoms. The average molecular weight is 414 g/mol. The number of nitrogens with one attached hydrogen (secondary N) is 2. The number of aromatic nitrogens is 1. The molecule has 2 aromatic rings. The second kappa shape index (κ2) is 10.8.